The van der Waals surface area contributed by atoms with Crippen molar-refractivity contribution >= 4 is 0 Å². The van der Waals surface area contributed by atoms with Crippen LogP contribution >= 0.6 is 0 Å². The average Bonchev–Trinajstić information content (AvgIpc) is 2.84. The zero-order chi connectivity index (χ0) is 13.8. The molecule has 0 N–H and O–H groups in total. The van der Waals surface area contributed by atoms with Crippen LogP contribution in [0.4, 0.5) is 8.78 Å². The highest BCUT2D eigenvalue weighted by Crippen LogP contribution is 2.37. The number of benzene rings is 1. The number of rotatable bonds is 5. The zero-order valence-corrected chi connectivity index (χ0v) is 11.4. The van der Waals surface area contributed by atoms with Crippen molar-refractivity contribution in [3.8, 4) is 5.75 Å². The van der Waals surface area contributed by atoms with Gasteiger partial charge in [0.05, 0.1) is 18.8 Å². The number of hydrogen-bond donors (Lipinski definition) is 0. The molecule has 2 rings (SSSR count). The van der Waals surface area contributed by atoms with Gasteiger partial charge in [0.2, 0.25) is 5.82 Å². The van der Waals surface area contributed by atoms with E-state index in [0.29, 0.717) is 12.2 Å². The van der Waals surface area contributed by atoms with Crippen molar-refractivity contribution in [1.29, 1.82) is 0 Å². The molecule has 1 aromatic rings. The fourth-order valence-corrected chi connectivity index (χ4v) is 2.53. The monoisotopic (exact) mass is 270 g/mol. The van der Waals surface area contributed by atoms with Gasteiger partial charge in [-0.3, -0.25) is 0 Å². The Bertz CT molecular complexity index is 434. The van der Waals surface area contributed by atoms with E-state index in [1.165, 1.54) is 6.07 Å². The van der Waals surface area contributed by atoms with Crippen molar-refractivity contribution < 1.29 is 18.3 Å². The minimum absolute atomic E-state index is 0.0353. The van der Waals surface area contributed by atoms with Crippen molar-refractivity contribution in [2.75, 3.05) is 6.61 Å². The van der Waals surface area contributed by atoms with Crippen LogP contribution in [0.5, 0.6) is 5.75 Å². The second-order valence-electron chi connectivity index (χ2n) is 4.83. The van der Waals surface area contributed by atoms with Crippen LogP contribution in [0.3, 0.4) is 0 Å². The molecular formula is C15H20F2O2. The molecule has 0 spiro atoms. The Morgan fingerprint density at radius 2 is 2.00 bits per heavy atom. The van der Waals surface area contributed by atoms with Gasteiger partial charge < -0.3 is 9.47 Å². The van der Waals surface area contributed by atoms with Crippen LogP contribution < -0.4 is 4.74 Å². The van der Waals surface area contributed by atoms with Gasteiger partial charge in [-0.2, -0.15) is 4.39 Å². The normalized spacial score (nSPS) is 22.7. The fourth-order valence-electron chi connectivity index (χ4n) is 2.53. The first-order valence-corrected chi connectivity index (χ1v) is 6.93. The summed E-state index contributed by atoms with van der Waals surface area (Å²) in [5.41, 5.74) is 0.305. The van der Waals surface area contributed by atoms with Gasteiger partial charge in [-0.15, -0.1) is 0 Å². The lowest BCUT2D eigenvalue weighted by Crippen LogP contribution is -2.08. The Morgan fingerprint density at radius 3 is 2.68 bits per heavy atom. The summed E-state index contributed by atoms with van der Waals surface area (Å²) in [5, 5.41) is 0. The van der Waals surface area contributed by atoms with E-state index in [0.717, 1.165) is 25.7 Å². The van der Waals surface area contributed by atoms with Gasteiger partial charge >= 0.3 is 0 Å². The summed E-state index contributed by atoms with van der Waals surface area (Å²) in [4.78, 5) is 0. The van der Waals surface area contributed by atoms with Crippen molar-refractivity contribution in [3.63, 3.8) is 0 Å². The largest absolute Gasteiger partial charge is 0.491 e. The molecule has 2 atom stereocenters. The van der Waals surface area contributed by atoms with Crippen LogP contribution in [0.25, 0.3) is 0 Å². The van der Waals surface area contributed by atoms with E-state index in [2.05, 4.69) is 6.92 Å². The Morgan fingerprint density at radius 1 is 1.21 bits per heavy atom. The molecule has 106 valence electrons. The molecule has 2 unspecified atom stereocenters. The highest BCUT2D eigenvalue weighted by atomic mass is 19.2. The molecular weight excluding hydrogens is 250 g/mol. The molecule has 1 heterocycles. The molecule has 0 aliphatic carbocycles. The van der Waals surface area contributed by atoms with Crippen LogP contribution in [-0.2, 0) is 4.74 Å². The molecule has 4 heteroatoms. The first-order chi connectivity index (χ1) is 9.17. The maximum Gasteiger partial charge on any atom is 0.200 e. The molecule has 1 aliphatic rings. The molecule has 0 saturated carbocycles. The molecule has 0 radical (unpaired) electrons. The fraction of sp³-hybridized carbons (Fsp3) is 0.600. The lowest BCUT2D eigenvalue weighted by atomic mass is 10.0. The Labute approximate surface area is 112 Å². The molecule has 19 heavy (non-hydrogen) atoms. The molecule has 0 amide bonds. The number of hydrogen-bond acceptors (Lipinski definition) is 2. The van der Waals surface area contributed by atoms with E-state index in [1.54, 1.807) is 13.0 Å². The topological polar surface area (TPSA) is 18.5 Å². The van der Waals surface area contributed by atoms with Crippen LogP contribution in [0.2, 0.25) is 0 Å². The van der Waals surface area contributed by atoms with E-state index >= 15 is 0 Å². The summed E-state index contributed by atoms with van der Waals surface area (Å²) in [7, 11) is 0. The third kappa shape index (κ3) is 3.06. The standard InChI is InChI=1S/C15H20F2O2/c1-3-5-10-6-8-12(19-10)11-7-9-13(18-4-2)15(17)14(11)16/h7,9-10,12H,3-6,8H2,1-2H3. The van der Waals surface area contributed by atoms with Crippen LogP contribution in [0.15, 0.2) is 12.1 Å². The quantitative estimate of drug-likeness (QED) is 0.790. The maximum absolute atomic E-state index is 14.0. The molecule has 1 fully saturated rings. The molecule has 1 aliphatic heterocycles. The highest BCUT2D eigenvalue weighted by molar-refractivity contribution is 5.32. The summed E-state index contributed by atoms with van der Waals surface area (Å²) in [6.07, 6.45) is 3.50. The van der Waals surface area contributed by atoms with Crippen molar-refractivity contribution in [3.05, 3.63) is 29.3 Å². The Balaban J connectivity index is 2.15. The second-order valence-corrected chi connectivity index (χ2v) is 4.83. The van der Waals surface area contributed by atoms with Crippen molar-refractivity contribution in [2.45, 2.75) is 51.7 Å². The third-order valence-electron chi connectivity index (χ3n) is 3.44. The van der Waals surface area contributed by atoms with Gasteiger partial charge in [0.25, 0.3) is 0 Å². The van der Waals surface area contributed by atoms with E-state index in [-0.39, 0.29) is 18.0 Å². The zero-order valence-electron chi connectivity index (χ0n) is 11.4. The van der Waals surface area contributed by atoms with Crippen molar-refractivity contribution in [1.82, 2.24) is 0 Å². The summed E-state index contributed by atoms with van der Waals surface area (Å²) < 4.78 is 38.6. The summed E-state index contributed by atoms with van der Waals surface area (Å²) in [6.45, 7) is 4.14. The van der Waals surface area contributed by atoms with Gasteiger partial charge in [0.15, 0.2) is 11.6 Å². The SMILES string of the molecule is CCCC1CCC(c2ccc(OCC)c(F)c2F)O1. The van der Waals surface area contributed by atoms with Gasteiger partial charge in [0, 0.05) is 5.56 Å². The maximum atomic E-state index is 14.0. The molecule has 2 nitrogen and oxygen atoms in total. The lowest BCUT2D eigenvalue weighted by Gasteiger charge is -2.15. The van der Waals surface area contributed by atoms with Gasteiger partial charge in [-0.05, 0) is 38.3 Å². The minimum Gasteiger partial charge on any atom is -0.491 e. The average molecular weight is 270 g/mol. The number of ether oxygens (including phenoxy) is 2. The van der Waals surface area contributed by atoms with E-state index < -0.39 is 11.6 Å². The van der Waals surface area contributed by atoms with Gasteiger partial charge in [-0.25, -0.2) is 4.39 Å². The van der Waals surface area contributed by atoms with Crippen LogP contribution in [-0.4, -0.2) is 12.7 Å². The van der Waals surface area contributed by atoms with Crippen molar-refractivity contribution in [2.24, 2.45) is 0 Å². The van der Waals surface area contributed by atoms with Gasteiger partial charge in [0.1, 0.15) is 0 Å². The molecule has 0 aromatic heterocycles. The Hall–Kier alpha value is -1.16. The summed E-state index contributed by atoms with van der Waals surface area (Å²) >= 11 is 0. The third-order valence-corrected chi connectivity index (χ3v) is 3.44. The van der Waals surface area contributed by atoms with E-state index in [9.17, 15) is 8.78 Å². The molecule has 1 saturated heterocycles. The summed E-state index contributed by atoms with van der Waals surface area (Å²) in [5.74, 6) is -1.79. The molecule has 1 aromatic carbocycles. The predicted octanol–water partition coefficient (Wildman–Crippen LogP) is 4.38. The first kappa shape index (κ1) is 14.3. The number of halogens is 2. The predicted molar refractivity (Wildman–Crippen MR) is 69.3 cm³/mol. The Kier molecular flexibility index (Phi) is 4.75. The van der Waals surface area contributed by atoms with E-state index in [4.69, 9.17) is 9.47 Å². The van der Waals surface area contributed by atoms with Crippen LogP contribution in [0, 0.1) is 11.6 Å². The molecule has 0 bridgehead atoms. The lowest BCUT2D eigenvalue weighted by molar-refractivity contribution is 0.0373. The summed E-state index contributed by atoms with van der Waals surface area (Å²) in [6, 6.07) is 3.05. The highest BCUT2D eigenvalue weighted by Gasteiger charge is 2.29. The first-order valence-electron chi connectivity index (χ1n) is 6.93. The van der Waals surface area contributed by atoms with Crippen LogP contribution in [0.1, 0.15) is 51.2 Å². The second kappa shape index (κ2) is 6.33. The minimum atomic E-state index is -0.915. The van der Waals surface area contributed by atoms with Gasteiger partial charge in [-0.1, -0.05) is 13.3 Å². The van der Waals surface area contributed by atoms with E-state index in [1.807, 2.05) is 0 Å². The smallest absolute Gasteiger partial charge is 0.200 e.